The zero-order valence-corrected chi connectivity index (χ0v) is 35.4. The second-order valence-corrected chi connectivity index (χ2v) is 18.8. The Kier molecular flexibility index (Phi) is 16.3. The number of nitrogens with one attached hydrogen (secondary N) is 2. The highest BCUT2D eigenvalue weighted by atomic mass is 79.9. The summed E-state index contributed by atoms with van der Waals surface area (Å²) >= 11 is 5.88. The lowest BCUT2D eigenvalue weighted by molar-refractivity contribution is -0.942. The molecule has 3 fully saturated rings. The second kappa shape index (κ2) is 19.7. The molecule has 0 radical (unpaired) electrons. The largest absolute Gasteiger partial charge is 1.00 e. The molecule has 2 N–H and O–H groups in total. The molecule has 51 heavy (non-hydrogen) atoms. The van der Waals surface area contributed by atoms with E-state index in [9.17, 15) is 8.42 Å². The van der Waals surface area contributed by atoms with Gasteiger partial charge in [0.05, 0.1) is 47.9 Å². The molecule has 6 nitrogen and oxygen atoms in total. The van der Waals surface area contributed by atoms with Gasteiger partial charge in [0.15, 0.2) is 9.84 Å². The summed E-state index contributed by atoms with van der Waals surface area (Å²) in [6.45, 7) is 10.0. The van der Waals surface area contributed by atoms with Crippen molar-refractivity contribution in [3.05, 3.63) is 53.6 Å². The van der Waals surface area contributed by atoms with E-state index in [4.69, 9.17) is 12.2 Å². The molecule has 4 heterocycles. The number of unbranched alkanes of at least 4 members (excludes halogenated alkanes) is 8. The van der Waals surface area contributed by atoms with Crippen molar-refractivity contribution in [3.63, 3.8) is 0 Å². The van der Waals surface area contributed by atoms with Crippen LogP contribution in [0.5, 0.6) is 0 Å². The Labute approximate surface area is 327 Å². The Bertz CT molecular complexity index is 1480. The van der Waals surface area contributed by atoms with E-state index < -0.39 is 15.4 Å². The zero-order chi connectivity index (χ0) is 35.6. The molecule has 0 aliphatic carbocycles. The molecule has 4 aliphatic rings. The number of anilines is 2. The first-order valence-corrected chi connectivity index (χ1v) is 22.2. The average Bonchev–Trinajstić information content (AvgIpc) is 3.21. The van der Waals surface area contributed by atoms with E-state index in [-0.39, 0.29) is 28.8 Å². The number of hydrogen-bond donors (Lipinski definition) is 2. The van der Waals surface area contributed by atoms with Gasteiger partial charge in [0.2, 0.25) is 0 Å². The lowest BCUT2D eigenvalue weighted by atomic mass is 9.85. The van der Waals surface area contributed by atoms with Gasteiger partial charge in [-0.05, 0) is 105 Å². The van der Waals surface area contributed by atoms with Gasteiger partial charge >= 0.3 is 0 Å². The highest BCUT2D eigenvalue weighted by Crippen LogP contribution is 2.41. The lowest BCUT2D eigenvalue weighted by Gasteiger charge is -2.49. The fourth-order valence-corrected chi connectivity index (χ4v) is 11.4. The standard InChI is InChI=1S/C42H66N4O2S2.BrH/c1-5-7-9-13-25-42(26-14-10-8-6-2)33-50(47,48)39-21-20-37(45(3)4)32-38(39)41(44-42)35-17-16-18-36(31-35)43-40(49)19-12-11-15-27-46-28-22-34(23-29-46)24-30-46;/h16-18,20-21,31-32,34,41,44H,5-15,19,22-30,33H2,1-4H3;1H. The van der Waals surface area contributed by atoms with Crippen LogP contribution in [0.3, 0.4) is 0 Å². The number of hydrogen-bond acceptors (Lipinski definition) is 5. The second-order valence-electron chi connectivity index (χ2n) is 16.3. The minimum Gasteiger partial charge on any atom is -1.00 e. The number of nitrogens with zero attached hydrogens (tertiary/aromatic N) is 2. The first-order chi connectivity index (χ1) is 24.1. The van der Waals surface area contributed by atoms with E-state index >= 15 is 0 Å². The summed E-state index contributed by atoms with van der Waals surface area (Å²) in [6, 6.07) is 14.2. The summed E-state index contributed by atoms with van der Waals surface area (Å²) in [5.41, 5.74) is 3.44. The Morgan fingerprint density at radius 3 is 2.16 bits per heavy atom. The fraction of sp³-hybridized carbons (Fsp3) is 0.690. The monoisotopic (exact) mass is 802 g/mol. The predicted octanol–water partition coefficient (Wildman–Crippen LogP) is 6.83. The fourth-order valence-electron chi connectivity index (χ4n) is 9.05. The predicted molar refractivity (Wildman–Crippen MR) is 216 cm³/mol. The van der Waals surface area contributed by atoms with E-state index in [0.717, 1.165) is 84.8 Å². The van der Waals surface area contributed by atoms with Crippen molar-refractivity contribution >= 4 is 38.4 Å². The molecule has 3 saturated heterocycles. The quantitative estimate of drug-likeness (QED) is 0.0924. The normalized spacial score (nSPS) is 23.1. The van der Waals surface area contributed by atoms with Crippen LogP contribution in [0.15, 0.2) is 47.4 Å². The molecule has 2 aromatic carbocycles. The summed E-state index contributed by atoms with van der Waals surface area (Å²) < 4.78 is 30.1. The van der Waals surface area contributed by atoms with Crippen molar-refractivity contribution in [1.29, 1.82) is 0 Å². The van der Waals surface area contributed by atoms with Crippen molar-refractivity contribution in [3.8, 4) is 0 Å². The minimum atomic E-state index is -3.53. The van der Waals surface area contributed by atoms with Crippen LogP contribution in [0, 0.1) is 5.92 Å². The third-order valence-electron chi connectivity index (χ3n) is 12.2. The molecule has 0 spiro atoms. The Morgan fingerprint density at radius 2 is 1.53 bits per heavy atom. The SMILES string of the molecule is CCCCCCC1(CCCCCC)CS(=O)(=O)c2ccc(N(C)C)cc2C(c2cccc(NC(=S)CCCCC[N+]34CCC(CC3)CC4)c2)N1.[Br-]. The van der Waals surface area contributed by atoms with Crippen molar-refractivity contribution < 1.29 is 29.9 Å². The molecule has 2 aromatic rings. The molecule has 0 amide bonds. The van der Waals surface area contributed by atoms with Crippen LogP contribution in [0.25, 0.3) is 0 Å². The van der Waals surface area contributed by atoms with Gasteiger partial charge in [0, 0.05) is 31.0 Å². The number of piperidine rings is 3. The smallest absolute Gasteiger partial charge is 0.180 e. The van der Waals surface area contributed by atoms with E-state index in [1.165, 1.54) is 88.4 Å². The Hall–Kier alpha value is -1.52. The number of sulfone groups is 1. The van der Waals surface area contributed by atoms with E-state index in [1.807, 2.05) is 26.2 Å². The molecule has 4 aliphatic heterocycles. The van der Waals surface area contributed by atoms with Crippen LogP contribution in [0.2, 0.25) is 0 Å². The number of thiocarbonyl (C=S) groups is 1. The molecule has 6 rings (SSSR count). The van der Waals surface area contributed by atoms with E-state index in [2.05, 4.69) is 59.7 Å². The molecule has 1 atom stereocenters. The molecule has 0 aromatic heterocycles. The van der Waals surface area contributed by atoms with Gasteiger partial charge in [0.1, 0.15) is 0 Å². The summed E-state index contributed by atoms with van der Waals surface area (Å²) in [4.78, 5) is 3.42. The van der Waals surface area contributed by atoms with Gasteiger partial charge < -0.3 is 31.7 Å². The maximum atomic E-state index is 14.3. The van der Waals surface area contributed by atoms with Gasteiger partial charge in [-0.1, -0.05) is 89.6 Å². The van der Waals surface area contributed by atoms with Crippen molar-refractivity contribution in [2.45, 2.75) is 139 Å². The van der Waals surface area contributed by atoms with E-state index in [0.29, 0.717) is 4.90 Å². The van der Waals surface area contributed by atoms with Crippen LogP contribution < -0.4 is 32.5 Å². The third-order valence-corrected chi connectivity index (χ3v) is 14.4. The molecular weight excluding hydrogens is 737 g/mol. The number of halogens is 1. The summed E-state index contributed by atoms with van der Waals surface area (Å²) in [6.07, 6.45) is 19.6. The van der Waals surface area contributed by atoms with E-state index in [1.54, 1.807) is 0 Å². The molecule has 9 heteroatoms. The van der Waals surface area contributed by atoms with Crippen molar-refractivity contribution in [2.24, 2.45) is 5.92 Å². The lowest BCUT2D eigenvalue weighted by Crippen LogP contribution is -3.00. The van der Waals surface area contributed by atoms with Crippen LogP contribution in [0.1, 0.15) is 140 Å². The topological polar surface area (TPSA) is 61.4 Å². The summed E-state index contributed by atoms with van der Waals surface area (Å²) in [5, 5.41) is 7.65. The first kappa shape index (κ1) is 42.2. The maximum absolute atomic E-state index is 14.3. The zero-order valence-electron chi connectivity index (χ0n) is 32.2. The molecule has 1 unspecified atom stereocenters. The molecule has 2 bridgehead atoms. The molecule has 0 saturated carbocycles. The van der Waals surface area contributed by atoms with Gasteiger partial charge in [-0.25, -0.2) is 8.42 Å². The minimum absolute atomic E-state index is 0. The molecule has 286 valence electrons. The summed E-state index contributed by atoms with van der Waals surface area (Å²) in [7, 11) is 0.510. The molecular formula is C42H67BrN4O2S2. The van der Waals surface area contributed by atoms with Crippen LogP contribution >= 0.6 is 12.2 Å². The number of fused-ring (bicyclic) bond motifs is 4. The van der Waals surface area contributed by atoms with Crippen molar-refractivity contribution in [1.82, 2.24) is 5.32 Å². The number of quaternary nitrogens is 1. The highest BCUT2D eigenvalue weighted by Gasteiger charge is 2.43. The number of rotatable bonds is 19. The van der Waals surface area contributed by atoms with Gasteiger partial charge in [0.25, 0.3) is 0 Å². The maximum Gasteiger partial charge on any atom is 0.180 e. The average molecular weight is 804 g/mol. The van der Waals surface area contributed by atoms with Crippen LogP contribution in [-0.2, 0) is 9.84 Å². The van der Waals surface area contributed by atoms with Gasteiger partial charge in [-0.2, -0.15) is 0 Å². The van der Waals surface area contributed by atoms with Crippen LogP contribution in [-0.4, -0.2) is 69.5 Å². The number of benzene rings is 2. The summed E-state index contributed by atoms with van der Waals surface area (Å²) in [5.74, 6) is 1.16. The Morgan fingerprint density at radius 1 is 0.882 bits per heavy atom. The third kappa shape index (κ3) is 11.5. The van der Waals surface area contributed by atoms with Crippen LogP contribution in [0.4, 0.5) is 11.4 Å². The van der Waals surface area contributed by atoms with Gasteiger partial charge in [-0.15, -0.1) is 0 Å². The highest BCUT2D eigenvalue weighted by molar-refractivity contribution is 7.91. The first-order valence-electron chi connectivity index (χ1n) is 20.1. The Balaban J connectivity index is 0.00000583. The van der Waals surface area contributed by atoms with Crippen molar-refractivity contribution in [2.75, 3.05) is 56.2 Å². The van der Waals surface area contributed by atoms with Gasteiger partial charge in [-0.3, -0.25) is 5.32 Å².